The molecule has 1 aliphatic heterocycles. The van der Waals surface area contributed by atoms with Crippen molar-refractivity contribution in [3.63, 3.8) is 0 Å². The van der Waals surface area contributed by atoms with E-state index in [-0.39, 0.29) is 12.8 Å². The Bertz CT molecular complexity index is 1310. The van der Waals surface area contributed by atoms with Gasteiger partial charge in [-0.1, -0.05) is 6.07 Å². The summed E-state index contributed by atoms with van der Waals surface area (Å²) in [6, 6.07) is 9.34. The van der Waals surface area contributed by atoms with Crippen LogP contribution in [-0.4, -0.2) is 44.9 Å². The number of pyridine rings is 1. The van der Waals surface area contributed by atoms with Crippen LogP contribution in [0.4, 0.5) is 0 Å². The number of ether oxygens (including phenoxy) is 2. The van der Waals surface area contributed by atoms with E-state index in [9.17, 15) is 9.59 Å². The van der Waals surface area contributed by atoms with Gasteiger partial charge in [0.25, 0.3) is 0 Å². The molecule has 2 atom stereocenters. The highest BCUT2D eigenvalue weighted by Crippen LogP contribution is 2.37. The Hall–Kier alpha value is -2.85. The number of fused-ring (bicyclic) bond motifs is 3. The number of aliphatic imine (C=N–C) groups is 1. The molecule has 4 rings (SSSR count). The third-order valence-corrected chi connectivity index (χ3v) is 7.55. The molecule has 188 valence electrons. The number of benzene rings is 1. The van der Waals surface area contributed by atoms with Crippen LogP contribution in [0.3, 0.4) is 0 Å². The van der Waals surface area contributed by atoms with Gasteiger partial charge >= 0.3 is 11.9 Å². The standard InChI is InChI=1S/C26H26Br2N4O4/c1-4-35-24(34)11-16(3)36-23(33)9-8-21-26-30-14-15(2)32(26)22-13-19(28)18(27)12-17(22)25(31-21)20-7-5-6-10-29-20/h5-7,10,12-14,16,21H,4,8-9,11H2,1-3H3/t16?,21-/m0/s1. The topological polar surface area (TPSA) is 95.7 Å². The molecule has 0 saturated heterocycles. The van der Waals surface area contributed by atoms with Crippen LogP contribution in [-0.2, 0) is 19.1 Å². The molecule has 2 aromatic heterocycles. The number of nitrogens with zero attached hydrogens (tertiary/aromatic N) is 4. The molecule has 0 aliphatic carbocycles. The molecule has 0 radical (unpaired) electrons. The van der Waals surface area contributed by atoms with Crippen LogP contribution in [0, 0.1) is 6.92 Å². The van der Waals surface area contributed by atoms with Crippen LogP contribution < -0.4 is 0 Å². The first-order valence-corrected chi connectivity index (χ1v) is 13.2. The van der Waals surface area contributed by atoms with Gasteiger partial charge < -0.3 is 9.47 Å². The average Bonchev–Trinajstić information content (AvgIpc) is 3.16. The highest BCUT2D eigenvalue weighted by molar-refractivity contribution is 9.13. The van der Waals surface area contributed by atoms with E-state index >= 15 is 0 Å². The van der Waals surface area contributed by atoms with Gasteiger partial charge in [-0.25, -0.2) is 4.98 Å². The lowest BCUT2D eigenvalue weighted by atomic mass is 10.0. The molecule has 0 N–H and O–H groups in total. The minimum absolute atomic E-state index is 0.0215. The number of imidazole rings is 1. The lowest BCUT2D eigenvalue weighted by Crippen LogP contribution is -2.20. The third kappa shape index (κ3) is 5.75. The molecule has 8 nitrogen and oxygen atoms in total. The van der Waals surface area contributed by atoms with Crippen molar-refractivity contribution >= 4 is 49.5 Å². The number of carbonyl (C=O) groups excluding carboxylic acids is 2. The van der Waals surface area contributed by atoms with Crippen molar-refractivity contribution in [2.45, 2.75) is 52.2 Å². The minimum Gasteiger partial charge on any atom is -0.466 e. The van der Waals surface area contributed by atoms with E-state index in [1.165, 1.54) is 0 Å². The maximum atomic E-state index is 12.6. The Morgan fingerprint density at radius 3 is 2.64 bits per heavy atom. The second-order valence-corrected chi connectivity index (χ2v) is 10.1. The Labute approximate surface area is 226 Å². The van der Waals surface area contributed by atoms with E-state index in [4.69, 9.17) is 14.5 Å². The SMILES string of the molecule is CCOC(=O)CC(C)OC(=O)CC[C@@H]1N=C(c2ccccn2)c2cc(Br)c(Br)cc2-n2c(C)cnc21. The molecule has 10 heteroatoms. The maximum absolute atomic E-state index is 12.6. The highest BCUT2D eigenvalue weighted by Gasteiger charge is 2.29. The van der Waals surface area contributed by atoms with Crippen LogP contribution in [0.1, 0.15) is 61.9 Å². The third-order valence-electron chi connectivity index (χ3n) is 5.70. The fourth-order valence-corrected chi connectivity index (χ4v) is 4.81. The van der Waals surface area contributed by atoms with Crippen molar-refractivity contribution in [3.8, 4) is 5.69 Å². The summed E-state index contributed by atoms with van der Waals surface area (Å²) < 4.78 is 14.2. The Kier molecular flexibility index (Phi) is 8.35. The van der Waals surface area contributed by atoms with Crippen LogP contribution >= 0.6 is 31.9 Å². The summed E-state index contributed by atoms with van der Waals surface area (Å²) in [5.74, 6) is -0.0523. The van der Waals surface area contributed by atoms with E-state index in [0.717, 1.165) is 43.1 Å². The first-order chi connectivity index (χ1) is 17.3. The fraction of sp³-hybridized carbons (Fsp3) is 0.346. The number of hydrogen-bond donors (Lipinski definition) is 0. The first-order valence-electron chi connectivity index (χ1n) is 11.7. The summed E-state index contributed by atoms with van der Waals surface area (Å²) in [4.78, 5) is 38.6. The molecule has 1 unspecified atom stereocenters. The van der Waals surface area contributed by atoms with Crippen molar-refractivity contribution in [3.05, 3.63) is 74.4 Å². The predicted molar refractivity (Wildman–Crippen MR) is 142 cm³/mol. The van der Waals surface area contributed by atoms with E-state index in [0.29, 0.717) is 13.0 Å². The predicted octanol–water partition coefficient (Wildman–Crippen LogP) is 5.66. The van der Waals surface area contributed by atoms with E-state index in [1.807, 2.05) is 43.5 Å². The maximum Gasteiger partial charge on any atom is 0.309 e. The van der Waals surface area contributed by atoms with Crippen molar-refractivity contribution in [1.29, 1.82) is 0 Å². The summed E-state index contributed by atoms with van der Waals surface area (Å²) >= 11 is 7.25. The quantitative estimate of drug-likeness (QED) is 0.303. The van der Waals surface area contributed by atoms with Crippen molar-refractivity contribution < 1.29 is 19.1 Å². The van der Waals surface area contributed by atoms with Crippen molar-refractivity contribution in [2.75, 3.05) is 6.61 Å². The van der Waals surface area contributed by atoms with Gasteiger partial charge in [-0.2, -0.15) is 0 Å². The minimum atomic E-state index is -0.568. The average molecular weight is 618 g/mol. The van der Waals surface area contributed by atoms with Gasteiger partial charge in [0.2, 0.25) is 0 Å². The smallest absolute Gasteiger partial charge is 0.309 e. The summed E-state index contributed by atoms with van der Waals surface area (Å²) in [6.07, 6.45) is 3.50. The van der Waals surface area contributed by atoms with Gasteiger partial charge in [0.05, 0.1) is 30.1 Å². The summed E-state index contributed by atoms with van der Waals surface area (Å²) in [7, 11) is 0. The molecule has 1 aromatic carbocycles. The number of aryl methyl sites for hydroxylation is 1. The lowest BCUT2D eigenvalue weighted by Gasteiger charge is -2.16. The van der Waals surface area contributed by atoms with Crippen molar-refractivity contribution in [2.24, 2.45) is 4.99 Å². The highest BCUT2D eigenvalue weighted by atomic mass is 79.9. The fourth-order valence-electron chi connectivity index (χ4n) is 4.13. The van der Waals surface area contributed by atoms with Crippen LogP contribution in [0.5, 0.6) is 0 Å². The second kappa shape index (κ2) is 11.5. The molecule has 0 spiro atoms. The number of carbonyl (C=O) groups is 2. The largest absolute Gasteiger partial charge is 0.466 e. The van der Waals surface area contributed by atoms with Gasteiger partial charge in [0.15, 0.2) is 0 Å². The molecule has 0 amide bonds. The van der Waals surface area contributed by atoms with Crippen LogP contribution in [0.15, 0.2) is 56.7 Å². The van der Waals surface area contributed by atoms with Gasteiger partial charge in [-0.15, -0.1) is 0 Å². The number of halogens is 2. The number of rotatable bonds is 8. The lowest BCUT2D eigenvalue weighted by molar-refractivity contribution is -0.154. The van der Waals surface area contributed by atoms with Gasteiger partial charge in [0, 0.05) is 39.0 Å². The monoisotopic (exact) mass is 616 g/mol. The zero-order valence-corrected chi connectivity index (χ0v) is 23.4. The second-order valence-electron chi connectivity index (χ2n) is 8.43. The van der Waals surface area contributed by atoms with Crippen LogP contribution in [0.25, 0.3) is 5.69 Å². The zero-order valence-electron chi connectivity index (χ0n) is 20.2. The van der Waals surface area contributed by atoms with E-state index in [2.05, 4.69) is 46.4 Å². The molecule has 0 bridgehead atoms. The van der Waals surface area contributed by atoms with E-state index in [1.54, 1.807) is 20.0 Å². The van der Waals surface area contributed by atoms with Gasteiger partial charge in [-0.3, -0.25) is 24.1 Å². The summed E-state index contributed by atoms with van der Waals surface area (Å²) in [6.45, 7) is 5.70. The number of aromatic nitrogens is 3. The summed E-state index contributed by atoms with van der Waals surface area (Å²) in [5.41, 5.74) is 4.23. The number of hydrogen-bond acceptors (Lipinski definition) is 7. The Morgan fingerprint density at radius 1 is 1.14 bits per heavy atom. The number of esters is 2. The van der Waals surface area contributed by atoms with E-state index < -0.39 is 24.1 Å². The van der Waals surface area contributed by atoms with Gasteiger partial charge in [0.1, 0.15) is 18.0 Å². The summed E-state index contributed by atoms with van der Waals surface area (Å²) in [5, 5.41) is 0. The molecule has 3 heterocycles. The zero-order chi connectivity index (χ0) is 25.8. The molecule has 36 heavy (non-hydrogen) atoms. The van der Waals surface area contributed by atoms with Crippen LogP contribution in [0.2, 0.25) is 0 Å². The molecular formula is C26H26Br2N4O4. The molecule has 0 saturated carbocycles. The molecule has 1 aliphatic rings. The Morgan fingerprint density at radius 2 is 1.92 bits per heavy atom. The Balaban J connectivity index is 1.66. The first kappa shape index (κ1) is 26.2. The molecule has 0 fully saturated rings. The molecule has 3 aromatic rings. The van der Waals surface area contributed by atoms with Gasteiger partial charge in [-0.05, 0) is 83.3 Å². The molecular weight excluding hydrogens is 592 g/mol. The normalized spacial score (nSPS) is 15.2. The van der Waals surface area contributed by atoms with Crippen molar-refractivity contribution in [1.82, 2.24) is 14.5 Å².